The summed E-state index contributed by atoms with van der Waals surface area (Å²) in [6.07, 6.45) is 3.51. The Morgan fingerprint density at radius 3 is 2.14 bits per heavy atom. The van der Waals surface area contributed by atoms with E-state index >= 15 is 0 Å². The molecule has 0 spiro atoms. The van der Waals surface area contributed by atoms with Gasteiger partial charge in [-0.3, -0.25) is 14.4 Å². The smallest absolute Gasteiger partial charge is 0.209 e. The first-order valence-corrected chi connectivity index (χ1v) is 14.4. The molecule has 4 N–H and O–H groups in total. The summed E-state index contributed by atoms with van der Waals surface area (Å²) in [7, 11) is 0. The Morgan fingerprint density at radius 1 is 0.952 bits per heavy atom. The predicted octanol–water partition coefficient (Wildman–Crippen LogP) is 6.32. The lowest BCUT2D eigenvalue weighted by Crippen LogP contribution is -2.71. The molecule has 0 saturated carbocycles. The maximum Gasteiger partial charge on any atom is 0.209 e. The third kappa shape index (κ3) is 3.46. The Balaban J connectivity index is 1.79. The lowest BCUT2D eigenvalue weighted by atomic mass is 9.39. The van der Waals surface area contributed by atoms with Gasteiger partial charge in [-0.25, -0.2) is 0 Å². The number of hydrogen-bond acceptors (Lipinski definition) is 7. The van der Waals surface area contributed by atoms with E-state index in [0.29, 0.717) is 11.1 Å². The van der Waals surface area contributed by atoms with Crippen LogP contribution in [0, 0.1) is 28.6 Å². The zero-order valence-electron chi connectivity index (χ0n) is 25.0. The summed E-state index contributed by atoms with van der Waals surface area (Å²) in [6, 6.07) is 13.0. The molecule has 0 aromatic heterocycles. The standard InChI is InChI=1S/C35H38O7/c1-17(2)26-29(38)24(19(4)36)31(40)35(42)32(41)27-30(39)25-23(18(3)33(27,6)20(5)34(26,35)7)16-15-22(28(25)37)14-13-21-11-9-8-10-12-21/h8-18,20,26,37-38,41-42H,1-7H3/b14-13+/t18-,20-,26?,33-,34-,35+/m1/s1. The Morgan fingerprint density at radius 2 is 1.57 bits per heavy atom. The van der Waals surface area contributed by atoms with Crippen LogP contribution in [0.2, 0.25) is 0 Å². The number of Topliss-reactive ketones (excluding diaryl/α,β-unsaturated/α-hetero) is 3. The van der Waals surface area contributed by atoms with Crippen molar-refractivity contribution in [3.8, 4) is 5.75 Å². The summed E-state index contributed by atoms with van der Waals surface area (Å²) < 4.78 is 0. The lowest BCUT2D eigenvalue weighted by molar-refractivity contribution is -0.189. The van der Waals surface area contributed by atoms with Crippen molar-refractivity contribution in [1.29, 1.82) is 0 Å². The number of allylic oxidation sites excluding steroid dienone is 2. The van der Waals surface area contributed by atoms with Crippen molar-refractivity contribution in [2.24, 2.45) is 28.6 Å². The molecule has 5 rings (SSSR count). The predicted molar refractivity (Wildman–Crippen MR) is 160 cm³/mol. The number of hydrogen-bond donors (Lipinski definition) is 4. The highest BCUT2D eigenvalue weighted by Crippen LogP contribution is 2.70. The molecule has 2 aromatic carbocycles. The number of fused-ring (bicyclic) bond motifs is 3. The third-order valence-corrected chi connectivity index (χ3v) is 10.8. The summed E-state index contributed by atoms with van der Waals surface area (Å²) in [5.74, 6) is -6.34. The Bertz CT molecular complexity index is 1630. The molecular formula is C35H38O7. The van der Waals surface area contributed by atoms with Crippen molar-refractivity contribution in [2.45, 2.75) is 60.0 Å². The van der Waals surface area contributed by atoms with Crippen molar-refractivity contribution in [3.05, 3.63) is 87.4 Å². The molecule has 7 nitrogen and oxygen atoms in total. The highest BCUT2D eigenvalue weighted by atomic mass is 16.3. The molecule has 0 bridgehead atoms. The van der Waals surface area contributed by atoms with Crippen molar-refractivity contribution in [3.63, 3.8) is 0 Å². The van der Waals surface area contributed by atoms with E-state index in [1.807, 2.05) is 71.0 Å². The molecule has 3 aliphatic rings. The van der Waals surface area contributed by atoms with Crippen LogP contribution in [0.15, 0.2) is 65.1 Å². The van der Waals surface area contributed by atoms with Gasteiger partial charge in [0.05, 0.1) is 5.56 Å². The number of carbonyl (C=O) groups excluding carboxylic acids is 3. The molecule has 220 valence electrons. The van der Waals surface area contributed by atoms with Gasteiger partial charge in [0.25, 0.3) is 0 Å². The molecule has 42 heavy (non-hydrogen) atoms. The summed E-state index contributed by atoms with van der Waals surface area (Å²) in [4.78, 5) is 41.0. The minimum absolute atomic E-state index is 0.00462. The minimum atomic E-state index is -2.66. The van der Waals surface area contributed by atoms with E-state index in [2.05, 4.69) is 0 Å². The van der Waals surface area contributed by atoms with Crippen molar-refractivity contribution in [1.82, 2.24) is 0 Å². The normalized spacial score (nSPS) is 32.7. The number of ketones is 3. The molecule has 1 unspecified atom stereocenters. The number of aliphatic hydroxyl groups is 3. The van der Waals surface area contributed by atoms with Crippen LogP contribution < -0.4 is 0 Å². The highest BCUT2D eigenvalue weighted by molar-refractivity contribution is 6.25. The second kappa shape index (κ2) is 9.53. The molecule has 0 aliphatic heterocycles. The minimum Gasteiger partial charge on any atom is -0.511 e. The molecule has 0 amide bonds. The zero-order valence-corrected chi connectivity index (χ0v) is 25.0. The monoisotopic (exact) mass is 570 g/mol. The van der Waals surface area contributed by atoms with E-state index in [0.717, 1.165) is 12.5 Å². The van der Waals surface area contributed by atoms with Crippen LogP contribution in [0.5, 0.6) is 5.75 Å². The summed E-state index contributed by atoms with van der Waals surface area (Å²) >= 11 is 0. The fourth-order valence-electron chi connectivity index (χ4n) is 8.27. The second-order valence-electron chi connectivity index (χ2n) is 12.9. The zero-order chi connectivity index (χ0) is 31.1. The van der Waals surface area contributed by atoms with Gasteiger partial charge in [0, 0.05) is 27.9 Å². The molecule has 0 radical (unpaired) electrons. The van der Waals surface area contributed by atoms with Gasteiger partial charge >= 0.3 is 0 Å². The molecule has 0 saturated heterocycles. The SMILES string of the molecule is CC(=O)C1=C(O)C(C(C)C)[C@@]2(C)[C@H](C)[C@]3(C)C(=C(O)[C@@]2(O)C1=O)C(=O)c1c(ccc(/C=C/c2ccccc2)c1O)[C@H]3C. The largest absolute Gasteiger partial charge is 0.511 e. The number of aromatic hydroxyl groups is 1. The Labute approximate surface area is 245 Å². The highest BCUT2D eigenvalue weighted by Gasteiger charge is 2.74. The maximum atomic E-state index is 14.4. The molecule has 0 fully saturated rings. The average Bonchev–Trinajstić information content (AvgIpc) is 2.93. The quantitative estimate of drug-likeness (QED) is 0.250. The van der Waals surface area contributed by atoms with Crippen molar-refractivity contribution >= 4 is 29.5 Å². The van der Waals surface area contributed by atoms with Gasteiger partial charge < -0.3 is 20.4 Å². The Kier molecular flexibility index (Phi) is 6.70. The fourth-order valence-corrected chi connectivity index (χ4v) is 8.27. The molecule has 6 atom stereocenters. The van der Waals surface area contributed by atoms with Crippen LogP contribution in [-0.2, 0) is 9.59 Å². The number of benzene rings is 2. The van der Waals surface area contributed by atoms with E-state index in [1.165, 1.54) is 0 Å². The summed E-state index contributed by atoms with van der Waals surface area (Å²) in [5, 5.41) is 47.1. The van der Waals surface area contributed by atoms with Gasteiger partial charge in [0.2, 0.25) is 5.78 Å². The Hall–Kier alpha value is -3.97. The first-order valence-electron chi connectivity index (χ1n) is 14.4. The first-order chi connectivity index (χ1) is 19.6. The van der Waals surface area contributed by atoms with E-state index in [-0.39, 0.29) is 22.8 Å². The van der Waals surface area contributed by atoms with Crippen molar-refractivity contribution < 1.29 is 34.8 Å². The van der Waals surface area contributed by atoms with Gasteiger partial charge in [-0.05, 0) is 35.8 Å². The van der Waals surface area contributed by atoms with E-state index in [9.17, 15) is 34.8 Å². The average molecular weight is 571 g/mol. The van der Waals surface area contributed by atoms with Crippen LogP contribution in [0.25, 0.3) is 12.2 Å². The van der Waals surface area contributed by atoms with Gasteiger partial charge in [0.1, 0.15) is 22.8 Å². The molecular weight excluding hydrogens is 532 g/mol. The van der Waals surface area contributed by atoms with Gasteiger partial charge in [-0.1, -0.05) is 96.2 Å². The molecule has 0 heterocycles. The third-order valence-electron chi connectivity index (χ3n) is 10.8. The molecule has 2 aromatic rings. The summed E-state index contributed by atoms with van der Waals surface area (Å²) in [6.45, 7) is 11.9. The number of rotatable bonds is 4. The maximum absolute atomic E-state index is 14.4. The van der Waals surface area contributed by atoms with Crippen LogP contribution in [0.3, 0.4) is 0 Å². The lowest BCUT2D eigenvalue weighted by Gasteiger charge is -2.64. The van der Waals surface area contributed by atoms with Crippen molar-refractivity contribution in [2.75, 3.05) is 0 Å². The first kappa shape index (κ1) is 29.5. The molecule has 3 aliphatic carbocycles. The number of phenolic OH excluding ortho intramolecular Hbond substituents is 1. The van der Waals surface area contributed by atoms with Gasteiger partial charge in [-0.2, -0.15) is 0 Å². The van der Waals surface area contributed by atoms with E-state index in [4.69, 9.17) is 0 Å². The number of phenols is 1. The topological polar surface area (TPSA) is 132 Å². The van der Waals surface area contributed by atoms with Crippen LogP contribution in [0.4, 0.5) is 0 Å². The van der Waals surface area contributed by atoms with Gasteiger partial charge in [0.15, 0.2) is 17.2 Å². The number of aliphatic hydroxyl groups excluding tert-OH is 2. The molecule has 7 heteroatoms. The van der Waals surface area contributed by atoms with E-state index < -0.39 is 68.6 Å². The fraction of sp³-hybridized carbons (Fsp3) is 0.400. The number of carbonyl (C=O) groups is 3. The second-order valence-corrected chi connectivity index (χ2v) is 12.9. The summed E-state index contributed by atoms with van der Waals surface area (Å²) in [5.41, 5.74) is -4.09. The van der Waals surface area contributed by atoms with Gasteiger partial charge in [-0.15, -0.1) is 0 Å². The van der Waals surface area contributed by atoms with Crippen LogP contribution in [-0.4, -0.2) is 43.4 Å². The van der Waals surface area contributed by atoms with E-state index in [1.54, 1.807) is 25.1 Å². The van der Waals surface area contributed by atoms with Crippen LogP contribution >= 0.6 is 0 Å². The van der Waals surface area contributed by atoms with Crippen LogP contribution in [0.1, 0.15) is 81.4 Å².